The van der Waals surface area contributed by atoms with Crippen LogP contribution in [-0.4, -0.2) is 56.5 Å². The fraction of sp³-hybridized carbons (Fsp3) is 0.500. The molecule has 1 aliphatic heterocycles. The number of aliphatic hydroxyl groups is 1. The second kappa shape index (κ2) is 10.3. The number of aryl methyl sites for hydroxylation is 1. The summed E-state index contributed by atoms with van der Waals surface area (Å²) in [4.78, 5) is 32.5. The average molecular weight is 489 g/mol. The van der Waals surface area contributed by atoms with Gasteiger partial charge in [0.25, 0.3) is 0 Å². The van der Waals surface area contributed by atoms with Crippen LogP contribution in [0, 0.1) is 12.3 Å². The Morgan fingerprint density at radius 2 is 1.97 bits per heavy atom. The number of amides is 2. The third-order valence-electron chi connectivity index (χ3n) is 5.75. The highest BCUT2D eigenvalue weighted by Gasteiger charge is 2.41. The molecule has 1 saturated heterocycles. The number of hydrogen-bond donors (Lipinski definition) is 3. The van der Waals surface area contributed by atoms with Crippen LogP contribution in [0.25, 0.3) is 10.4 Å². The van der Waals surface area contributed by atoms with Crippen LogP contribution in [0.2, 0.25) is 0 Å². The van der Waals surface area contributed by atoms with Gasteiger partial charge in [-0.15, -0.1) is 11.3 Å². The van der Waals surface area contributed by atoms with Gasteiger partial charge in [-0.05, 0) is 23.5 Å². The van der Waals surface area contributed by atoms with Gasteiger partial charge in [0.15, 0.2) is 0 Å². The molecule has 0 bridgehead atoms. The number of aliphatic hydroxyl groups excluding tert-OH is 1. The van der Waals surface area contributed by atoms with E-state index in [9.17, 15) is 14.7 Å². The molecule has 0 saturated carbocycles. The Labute approximate surface area is 204 Å². The summed E-state index contributed by atoms with van der Waals surface area (Å²) in [5.41, 5.74) is 4.58. The van der Waals surface area contributed by atoms with E-state index in [-0.39, 0.29) is 23.8 Å². The summed E-state index contributed by atoms with van der Waals surface area (Å²) >= 11 is 7.31. The SMILES string of the molecule is CC(=O)N[C@H](C(=S)N1C[C@H](O)C[C@H]1C(=O)NCc1ccc(-c2scnc2C)cc1)C(C)(C)C. The Bertz CT molecular complexity index is 1010. The summed E-state index contributed by atoms with van der Waals surface area (Å²) < 4.78 is 0. The number of rotatable bonds is 6. The first-order valence-corrected chi connectivity index (χ1v) is 12.3. The molecule has 2 heterocycles. The summed E-state index contributed by atoms with van der Waals surface area (Å²) in [5.74, 6) is -0.373. The van der Waals surface area contributed by atoms with Gasteiger partial charge in [0, 0.05) is 26.4 Å². The molecule has 0 unspecified atom stereocenters. The maximum Gasteiger partial charge on any atom is 0.243 e. The van der Waals surface area contributed by atoms with Gasteiger partial charge in [-0.3, -0.25) is 9.59 Å². The monoisotopic (exact) mass is 488 g/mol. The van der Waals surface area contributed by atoms with Crippen LogP contribution in [0.5, 0.6) is 0 Å². The predicted octanol–water partition coefficient (Wildman–Crippen LogP) is 3.05. The van der Waals surface area contributed by atoms with Crippen molar-refractivity contribution >= 4 is 40.4 Å². The molecule has 1 aromatic carbocycles. The second-order valence-electron chi connectivity index (χ2n) is 9.58. The minimum atomic E-state index is -0.654. The van der Waals surface area contributed by atoms with E-state index in [1.54, 1.807) is 16.2 Å². The lowest BCUT2D eigenvalue weighted by Crippen LogP contribution is -2.56. The lowest BCUT2D eigenvalue weighted by atomic mass is 9.86. The van der Waals surface area contributed by atoms with E-state index in [1.165, 1.54) is 6.92 Å². The summed E-state index contributed by atoms with van der Waals surface area (Å²) in [5, 5.41) is 16.2. The van der Waals surface area contributed by atoms with Gasteiger partial charge in [0.05, 0.1) is 28.2 Å². The van der Waals surface area contributed by atoms with Crippen LogP contribution in [0.15, 0.2) is 29.8 Å². The Morgan fingerprint density at radius 1 is 1.30 bits per heavy atom. The second-order valence-corrected chi connectivity index (χ2v) is 10.9. The molecule has 3 N–H and O–H groups in total. The Hall–Kier alpha value is -2.36. The third kappa shape index (κ3) is 6.16. The summed E-state index contributed by atoms with van der Waals surface area (Å²) in [6.45, 7) is 10.0. The number of nitrogens with one attached hydrogen (secondary N) is 2. The van der Waals surface area contributed by atoms with E-state index in [2.05, 4.69) is 15.6 Å². The molecule has 1 aromatic heterocycles. The molecular formula is C24H32N4O3S2. The summed E-state index contributed by atoms with van der Waals surface area (Å²) in [6.07, 6.45) is -0.356. The zero-order valence-corrected chi connectivity index (χ0v) is 21.3. The predicted molar refractivity (Wildman–Crippen MR) is 135 cm³/mol. The lowest BCUT2D eigenvalue weighted by molar-refractivity contribution is -0.124. The van der Waals surface area contributed by atoms with Crippen molar-refractivity contribution in [1.29, 1.82) is 0 Å². The van der Waals surface area contributed by atoms with Crippen molar-refractivity contribution in [2.24, 2.45) is 5.41 Å². The maximum absolute atomic E-state index is 13.1. The van der Waals surface area contributed by atoms with Gasteiger partial charge in [-0.1, -0.05) is 57.3 Å². The first-order chi connectivity index (χ1) is 15.5. The molecule has 3 rings (SSSR count). The zero-order chi connectivity index (χ0) is 24.3. The number of nitrogens with zero attached hydrogens (tertiary/aromatic N) is 2. The zero-order valence-electron chi connectivity index (χ0n) is 19.7. The van der Waals surface area contributed by atoms with Crippen LogP contribution in [-0.2, 0) is 16.1 Å². The number of aromatic nitrogens is 1. The van der Waals surface area contributed by atoms with E-state index in [4.69, 9.17) is 12.2 Å². The highest BCUT2D eigenvalue weighted by Crippen LogP contribution is 2.28. The van der Waals surface area contributed by atoms with Crippen molar-refractivity contribution in [2.45, 2.75) is 65.8 Å². The standard InChI is InChI=1S/C24H32N4O3S2/c1-14-20(33-13-26-14)17-8-6-16(7-9-17)11-25-22(31)19-10-18(30)12-28(19)23(32)21(24(3,4)5)27-15(2)29/h6-9,13,18-19,21,30H,10-12H2,1-5H3,(H,25,31)(H,27,29)/t18-,19+,21-/m1/s1. The van der Waals surface area contributed by atoms with Crippen LogP contribution in [0.4, 0.5) is 0 Å². The number of hydrogen-bond acceptors (Lipinski definition) is 6. The van der Waals surface area contributed by atoms with Gasteiger partial charge in [-0.2, -0.15) is 0 Å². The van der Waals surface area contributed by atoms with E-state index >= 15 is 0 Å². The summed E-state index contributed by atoms with van der Waals surface area (Å²) in [7, 11) is 0. The molecule has 0 spiro atoms. The molecule has 9 heteroatoms. The Morgan fingerprint density at radius 3 is 2.52 bits per heavy atom. The van der Waals surface area contributed by atoms with E-state index < -0.39 is 18.2 Å². The topological polar surface area (TPSA) is 94.6 Å². The molecule has 2 amide bonds. The van der Waals surface area contributed by atoms with Crippen molar-refractivity contribution < 1.29 is 14.7 Å². The van der Waals surface area contributed by atoms with Crippen molar-refractivity contribution in [1.82, 2.24) is 20.5 Å². The summed E-state index contributed by atoms with van der Waals surface area (Å²) in [6, 6.07) is 7.05. The number of likely N-dealkylation sites (tertiary alicyclic amines) is 1. The Kier molecular flexibility index (Phi) is 7.87. The molecule has 178 valence electrons. The molecule has 33 heavy (non-hydrogen) atoms. The lowest BCUT2D eigenvalue weighted by Gasteiger charge is -2.37. The van der Waals surface area contributed by atoms with Gasteiger partial charge in [-0.25, -0.2) is 4.98 Å². The minimum absolute atomic E-state index is 0.185. The van der Waals surface area contributed by atoms with Gasteiger partial charge in [0.1, 0.15) is 11.0 Å². The largest absolute Gasteiger partial charge is 0.391 e. The highest BCUT2D eigenvalue weighted by molar-refractivity contribution is 7.80. The minimum Gasteiger partial charge on any atom is -0.391 e. The average Bonchev–Trinajstić information content (AvgIpc) is 3.35. The third-order valence-corrected chi connectivity index (χ3v) is 7.20. The van der Waals surface area contributed by atoms with Crippen molar-refractivity contribution in [2.75, 3.05) is 6.54 Å². The van der Waals surface area contributed by atoms with E-state index in [0.717, 1.165) is 21.7 Å². The maximum atomic E-state index is 13.1. The molecule has 7 nitrogen and oxygen atoms in total. The van der Waals surface area contributed by atoms with Crippen LogP contribution >= 0.6 is 23.6 Å². The fourth-order valence-corrected chi connectivity index (χ4v) is 5.41. The van der Waals surface area contributed by atoms with Crippen LogP contribution in [0.1, 0.15) is 45.4 Å². The van der Waals surface area contributed by atoms with Crippen molar-refractivity contribution in [3.8, 4) is 10.4 Å². The highest BCUT2D eigenvalue weighted by atomic mass is 32.1. The van der Waals surface area contributed by atoms with Gasteiger partial charge < -0.3 is 20.6 Å². The van der Waals surface area contributed by atoms with Gasteiger partial charge >= 0.3 is 0 Å². The number of thiocarbonyl (C=S) groups is 1. The normalized spacial score (nSPS) is 19.3. The molecule has 0 aliphatic carbocycles. The van der Waals surface area contributed by atoms with E-state index in [1.807, 2.05) is 57.5 Å². The van der Waals surface area contributed by atoms with Crippen LogP contribution < -0.4 is 10.6 Å². The molecule has 1 fully saturated rings. The molecule has 2 aromatic rings. The first-order valence-electron chi connectivity index (χ1n) is 11.0. The van der Waals surface area contributed by atoms with Gasteiger partial charge in [0.2, 0.25) is 11.8 Å². The van der Waals surface area contributed by atoms with Crippen molar-refractivity contribution in [3.63, 3.8) is 0 Å². The van der Waals surface area contributed by atoms with E-state index in [0.29, 0.717) is 18.0 Å². The molecule has 3 atom stereocenters. The Balaban J connectivity index is 1.67. The first kappa shape index (κ1) is 25.3. The molecular weight excluding hydrogens is 456 g/mol. The number of carbonyl (C=O) groups is 2. The smallest absolute Gasteiger partial charge is 0.243 e. The molecule has 0 radical (unpaired) electrons. The van der Waals surface area contributed by atoms with Crippen LogP contribution in [0.3, 0.4) is 0 Å². The fourth-order valence-electron chi connectivity index (χ4n) is 3.98. The number of β-amino-alcohol motifs (C(OH)–C–C–N with tert-alkyl or cyclic N) is 1. The van der Waals surface area contributed by atoms with Crippen molar-refractivity contribution in [3.05, 3.63) is 41.0 Å². The number of carbonyl (C=O) groups excluding carboxylic acids is 2. The number of thiazole rings is 1. The molecule has 1 aliphatic rings. The number of benzene rings is 1. The quantitative estimate of drug-likeness (QED) is 0.541.